The maximum absolute atomic E-state index is 10.7. The molecule has 0 aromatic rings. The lowest BCUT2D eigenvalue weighted by Crippen LogP contribution is -2.41. The number of primary amides is 1. The van der Waals surface area contributed by atoms with Crippen molar-refractivity contribution in [1.82, 2.24) is 5.32 Å². The number of hydrogen-bond donors (Lipinski definition) is 2. The number of amides is 1. The smallest absolute Gasteiger partial charge is 0.218 e. The van der Waals surface area contributed by atoms with Gasteiger partial charge in [0.15, 0.2) is 0 Å². The van der Waals surface area contributed by atoms with Gasteiger partial charge in [-0.3, -0.25) is 4.79 Å². The van der Waals surface area contributed by atoms with Crippen LogP contribution in [0.15, 0.2) is 0 Å². The van der Waals surface area contributed by atoms with Crippen molar-refractivity contribution in [3.05, 3.63) is 0 Å². The van der Waals surface area contributed by atoms with E-state index < -0.39 is 0 Å². The van der Waals surface area contributed by atoms with E-state index in [0.717, 1.165) is 19.6 Å². The summed E-state index contributed by atoms with van der Waals surface area (Å²) in [4.78, 5) is 10.7. The van der Waals surface area contributed by atoms with Crippen molar-refractivity contribution >= 4 is 5.91 Å². The van der Waals surface area contributed by atoms with Crippen LogP contribution in [0.5, 0.6) is 0 Å². The monoisotopic (exact) mass is 200 g/mol. The summed E-state index contributed by atoms with van der Waals surface area (Å²) in [5.74, 6) is 0.324. The number of hydrogen-bond acceptors (Lipinski definition) is 3. The summed E-state index contributed by atoms with van der Waals surface area (Å²) in [6.07, 6.45) is 1.51. The molecule has 0 radical (unpaired) electrons. The third kappa shape index (κ3) is 3.64. The van der Waals surface area contributed by atoms with Crippen molar-refractivity contribution in [3.63, 3.8) is 0 Å². The number of carbonyl (C=O) groups is 1. The van der Waals surface area contributed by atoms with E-state index in [1.54, 1.807) is 0 Å². The van der Waals surface area contributed by atoms with E-state index in [1.165, 1.54) is 0 Å². The van der Waals surface area contributed by atoms with Gasteiger partial charge >= 0.3 is 0 Å². The van der Waals surface area contributed by atoms with Gasteiger partial charge in [-0.25, -0.2) is 0 Å². The third-order valence-corrected chi connectivity index (χ3v) is 2.73. The zero-order valence-corrected chi connectivity index (χ0v) is 8.95. The highest BCUT2D eigenvalue weighted by atomic mass is 16.5. The van der Waals surface area contributed by atoms with Gasteiger partial charge in [-0.1, -0.05) is 0 Å². The van der Waals surface area contributed by atoms with E-state index in [-0.39, 0.29) is 11.9 Å². The van der Waals surface area contributed by atoms with Crippen LogP contribution in [0.25, 0.3) is 0 Å². The fourth-order valence-electron chi connectivity index (χ4n) is 1.89. The molecule has 0 aliphatic carbocycles. The number of carbonyl (C=O) groups excluding carboxylic acids is 1. The average molecular weight is 200 g/mol. The van der Waals surface area contributed by atoms with Crippen LogP contribution in [0.2, 0.25) is 0 Å². The predicted molar refractivity (Wildman–Crippen MR) is 54.8 cm³/mol. The summed E-state index contributed by atoms with van der Waals surface area (Å²) in [5, 5.41) is 3.37. The second kappa shape index (κ2) is 5.32. The number of rotatable bonds is 5. The highest BCUT2D eigenvalue weighted by Gasteiger charge is 2.23. The molecule has 1 aliphatic rings. The van der Waals surface area contributed by atoms with Crippen molar-refractivity contribution in [2.75, 3.05) is 13.2 Å². The van der Waals surface area contributed by atoms with E-state index in [4.69, 9.17) is 10.5 Å². The number of nitrogens with one attached hydrogen (secondary N) is 1. The Morgan fingerprint density at radius 2 is 2.36 bits per heavy atom. The van der Waals surface area contributed by atoms with Crippen molar-refractivity contribution in [3.8, 4) is 0 Å². The summed E-state index contributed by atoms with van der Waals surface area (Å²) in [5.41, 5.74) is 5.12. The van der Waals surface area contributed by atoms with Gasteiger partial charge in [0.25, 0.3) is 0 Å². The Hall–Kier alpha value is -0.610. The van der Waals surface area contributed by atoms with Crippen LogP contribution in [0, 0.1) is 5.92 Å². The maximum Gasteiger partial charge on any atom is 0.218 e. The predicted octanol–water partition coefficient (Wildman–Crippen LogP) is 0.265. The zero-order valence-electron chi connectivity index (χ0n) is 8.95. The maximum atomic E-state index is 10.7. The molecule has 1 amide bonds. The second-order valence-corrected chi connectivity index (χ2v) is 4.15. The minimum atomic E-state index is -0.250. The van der Waals surface area contributed by atoms with Gasteiger partial charge in [-0.15, -0.1) is 0 Å². The van der Waals surface area contributed by atoms with E-state index in [0.29, 0.717) is 18.4 Å². The van der Waals surface area contributed by atoms with Gasteiger partial charge in [0.05, 0.1) is 6.61 Å². The Labute approximate surface area is 85.2 Å². The largest absolute Gasteiger partial charge is 0.381 e. The minimum absolute atomic E-state index is 0.156. The lowest BCUT2D eigenvalue weighted by atomic mass is 9.99. The van der Waals surface area contributed by atoms with Crippen molar-refractivity contribution < 1.29 is 9.53 Å². The molecule has 4 heteroatoms. The molecule has 1 rings (SSSR count). The fourth-order valence-corrected chi connectivity index (χ4v) is 1.89. The van der Waals surface area contributed by atoms with Crippen molar-refractivity contribution in [2.24, 2.45) is 11.7 Å². The van der Waals surface area contributed by atoms with Crippen LogP contribution < -0.4 is 11.1 Å². The van der Waals surface area contributed by atoms with Crippen molar-refractivity contribution in [2.45, 2.75) is 38.8 Å². The summed E-state index contributed by atoms with van der Waals surface area (Å²) in [7, 11) is 0. The number of ether oxygens (including phenoxy) is 1. The number of nitrogens with two attached hydrogens (primary N) is 1. The molecule has 0 aromatic carbocycles. The molecule has 0 aromatic heterocycles. The molecule has 1 saturated heterocycles. The molecular weight excluding hydrogens is 180 g/mol. The highest BCUT2D eigenvalue weighted by Crippen LogP contribution is 2.16. The summed E-state index contributed by atoms with van der Waals surface area (Å²) in [6, 6.07) is 0.551. The van der Waals surface area contributed by atoms with Gasteiger partial charge in [-0.2, -0.15) is 0 Å². The zero-order chi connectivity index (χ0) is 10.6. The van der Waals surface area contributed by atoms with Crippen LogP contribution in [-0.2, 0) is 9.53 Å². The molecule has 1 heterocycles. The Bertz CT molecular complexity index is 191. The van der Waals surface area contributed by atoms with Crippen LogP contribution in [0.3, 0.4) is 0 Å². The quantitative estimate of drug-likeness (QED) is 0.669. The summed E-state index contributed by atoms with van der Waals surface area (Å²) < 4.78 is 5.31. The van der Waals surface area contributed by atoms with Crippen LogP contribution in [0.1, 0.15) is 26.7 Å². The Morgan fingerprint density at radius 3 is 2.86 bits per heavy atom. The topological polar surface area (TPSA) is 64.4 Å². The molecular formula is C10H20N2O2. The second-order valence-electron chi connectivity index (χ2n) is 4.15. The van der Waals surface area contributed by atoms with Gasteiger partial charge < -0.3 is 15.8 Å². The SMILES string of the molecule is CC(CC(N)=O)NC(C)C1CCOC1. The van der Waals surface area contributed by atoms with Gasteiger partial charge in [0.1, 0.15) is 0 Å². The first-order chi connectivity index (χ1) is 6.59. The lowest BCUT2D eigenvalue weighted by Gasteiger charge is -2.23. The van der Waals surface area contributed by atoms with E-state index in [9.17, 15) is 4.79 Å². The molecule has 82 valence electrons. The van der Waals surface area contributed by atoms with E-state index in [2.05, 4.69) is 12.2 Å². The normalized spacial score (nSPS) is 26.0. The molecule has 3 unspecified atom stereocenters. The molecule has 0 saturated carbocycles. The molecule has 1 aliphatic heterocycles. The third-order valence-electron chi connectivity index (χ3n) is 2.73. The molecule has 4 nitrogen and oxygen atoms in total. The highest BCUT2D eigenvalue weighted by molar-refractivity contribution is 5.74. The van der Waals surface area contributed by atoms with Crippen molar-refractivity contribution in [1.29, 1.82) is 0 Å². The Balaban J connectivity index is 2.24. The lowest BCUT2D eigenvalue weighted by molar-refractivity contribution is -0.118. The molecule has 0 spiro atoms. The minimum Gasteiger partial charge on any atom is -0.381 e. The van der Waals surface area contributed by atoms with E-state index >= 15 is 0 Å². The van der Waals surface area contributed by atoms with E-state index in [1.807, 2.05) is 6.92 Å². The van der Waals surface area contributed by atoms with Crippen LogP contribution in [-0.4, -0.2) is 31.2 Å². The molecule has 14 heavy (non-hydrogen) atoms. The fraction of sp³-hybridized carbons (Fsp3) is 0.900. The first-order valence-corrected chi connectivity index (χ1v) is 5.21. The molecule has 3 atom stereocenters. The van der Waals surface area contributed by atoms with Gasteiger partial charge in [0.2, 0.25) is 5.91 Å². The summed E-state index contributed by atoms with van der Waals surface area (Å²) in [6.45, 7) is 5.81. The first-order valence-electron chi connectivity index (χ1n) is 5.21. The summed E-state index contributed by atoms with van der Waals surface area (Å²) >= 11 is 0. The standard InChI is InChI=1S/C10H20N2O2/c1-7(5-10(11)13)12-8(2)9-3-4-14-6-9/h7-9,12H,3-6H2,1-2H3,(H2,11,13). The van der Waals surface area contributed by atoms with Crippen LogP contribution in [0.4, 0.5) is 0 Å². The Kier molecular flexibility index (Phi) is 4.35. The Morgan fingerprint density at radius 1 is 1.64 bits per heavy atom. The average Bonchev–Trinajstić information content (AvgIpc) is 2.53. The molecule has 3 N–H and O–H groups in total. The molecule has 1 fully saturated rings. The molecule has 0 bridgehead atoms. The van der Waals surface area contributed by atoms with Gasteiger partial charge in [-0.05, 0) is 26.2 Å². The van der Waals surface area contributed by atoms with Gasteiger partial charge in [0, 0.05) is 25.1 Å². The first kappa shape index (κ1) is 11.5. The van der Waals surface area contributed by atoms with Crippen LogP contribution >= 0.6 is 0 Å².